The van der Waals surface area contributed by atoms with Crippen LogP contribution in [0.1, 0.15) is 24.2 Å². The van der Waals surface area contributed by atoms with Crippen LogP contribution in [0.3, 0.4) is 0 Å². The number of aromatic hydroxyl groups is 2. The number of hydrogen-bond donors (Lipinski definition) is 4. The normalized spacial score (nSPS) is 11.2. The Morgan fingerprint density at radius 3 is 2.56 bits per heavy atom. The number of aliphatic hydroxyl groups excluding tert-OH is 1. The molecule has 0 aliphatic heterocycles. The molecule has 1 amide bonds. The molecule has 0 bridgehead atoms. The Hall–Kier alpha value is -1.75. The zero-order valence-corrected chi connectivity index (χ0v) is 9.19. The van der Waals surface area contributed by atoms with Gasteiger partial charge in [-0.1, -0.05) is 0 Å². The van der Waals surface area contributed by atoms with Crippen molar-refractivity contribution in [3.05, 3.63) is 23.8 Å². The zero-order chi connectivity index (χ0) is 12.3. The number of rotatable bonds is 3. The largest absolute Gasteiger partial charge is 0.508 e. The van der Waals surface area contributed by atoms with Crippen molar-refractivity contribution in [3.63, 3.8) is 0 Å². The third-order valence-corrected chi connectivity index (χ3v) is 2.07. The molecule has 0 saturated heterocycles. The van der Waals surface area contributed by atoms with Gasteiger partial charge in [0.15, 0.2) is 0 Å². The average Bonchev–Trinajstić information content (AvgIpc) is 2.21. The van der Waals surface area contributed by atoms with Gasteiger partial charge in [-0.15, -0.1) is 0 Å². The maximum atomic E-state index is 11.7. The second-order valence-corrected chi connectivity index (χ2v) is 4.20. The van der Waals surface area contributed by atoms with Gasteiger partial charge in [0, 0.05) is 0 Å². The second kappa shape index (κ2) is 4.40. The van der Waals surface area contributed by atoms with Gasteiger partial charge in [0.25, 0.3) is 5.91 Å². The fourth-order valence-corrected chi connectivity index (χ4v) is 1.12. The lowest BCUT2D eigenvalue weighted by molar-refractivity contribution is 0.0866. The first-order valence-electron chi connectivity index (χ1n) is 4.81. The molecule has 16 heavy (non-hydrogen) atoms. The van der Waals surface area contributed by atoms with Crippen molar-refractivity contribution in [3.8, 4) is 11.5 Å². The van der Waals surface area contributed by atoms with Crippen LogP contribution < -0.4 is 5.32 Å². The maximum absolute atomic E-state index is 11.7. The molecule has 1 aromatic rings. The first-order valence-corrected chi connectivity index (χ1v) is 4.81. The van der Waals surface area contributed by atoms with Crippen molar-refractivity contribution in [1.29, 1.82) is 0 Å². The number of hydrogen-bond acceptors (Lipinski definition) is 4. The number of aliphatic hydroxyl groups is 1. The van der Waals surface area contributed by atoms with Crippen LogP contribution in [0.2, 0.25) is 0 Å². The van der Waals surface area contributed by atoms with Crippen LogP contribution in [0.15, 0.2) is 18.2 Å². The van der Waals surface area contributed by atoms with Crippen LogP contribution in [0, 0.1) is 0 Å². The molecule has 1 rings (SSSR count). The van der Waals surface area contributed by atoms with E-state index in [4.69, 9.17) is 5.11 Å². The SMILES string of the molecule is CC(C)(CO)NC(=O)c1cc(O)ccc1O. The van der Waals surface area contributed by atoms with Crippen LogP contribution in [-0.2, 0) is 0 Å². The van der Waals surface area contributed by atoms with Crippen LogP contribution in [0.5, 0.6) is 11.5 Å². The van der Waals surface area contributed by atoms with Gasteiger partial charge < -0.3 is 20.6 Å². The molecule has 4 N–H and O–H groups in total. The van der Waals surface area contributed by atoms with Crippen molar-refractivity contribution >= 4 is 5.91 Å². The molecule has 0 unspecified atom stereocenters. The quantitative estimate of drug-likeness (QED) is 0.567. The summed E-state index contributed by atoms with van der Waals surface area (Å²) < 4.78 is 0. The van der Waals surface area contributed by atoms with Gasteiger partial charge in [0.05, 0.1) is 17.7 Å². The molecule has 0 atom stereocenters. The molecular formula is C11H15NO4. The highest BCUT2D eigenvalue weighted by Crippen LogP contribution is 2.22. The minimum atomic E-state index is -0.783. The molecule has 0 saturated carbocycles. The first-order chi connectivity index (χ1) is 7.35. The molecule has 0 aliphatic rings. The van der Waals surface area contributed by atoms with E-state index in [9.17, 15) is 15.0 Å². The number of phenols is 2. The summed E-state index contributed by atoms with van der Waals surface area (Å²) in [4.78, 5) is 11.7. The van der Waals surface area contributed by atoms with Crippen LogP contribution in [0.4, 0.5) is 0 Å². The van der Waals surface area contributed by atoms with E-state index >= 15 is 0 Å². The Kier molecular flexibility index (Phi) is 3.39. The third kappa shape index (κ3) is 2.87. The van der Waals surface area contributed by atoms with E-state index in [2.05, 4.69) is 5.32 Å². The molecule has 1 aromatic carbocycles. The zero-order valence-electron chi connectivity index (χ0n) is 9.19. The predicted octanol–water partition coefficient (Wildman–Crippen LogP) is 0.599. The van der Waals surface area contributed by atoms with Crippen LogP contribution in [0.25, 0.3) is 0 Å². The highest BCUT2D eigenvalue weighted by molar-refractivity contribution is 5.97. The third-order valence-electron chi connectivity index (χ3n) is 2.07. The molecule has 0 radical (unpaired) electrons. The summed E-state index contributed by atoms with van der Waals surface area (Å²) >= 11 is 0. The summed E-state index contributed by atoms with van der Waals surface area (Å²) in [5.41, 5.74) is -0.809. The topological polar surface area (TPSA) is 89.8 Å². The predicted molar refractivity (Wildman–Crippen MR) is 58.4 cm³/mol. The molecule has 0 aromatic heterocycles. The summed E-state index contributed by atoms with van der Waals surface area (Å²) in [5, 5.41) is 30.2. The van der Waals surface area contributed by atoms with Gasteiger partial charge in [0.2, 0.25) is 0 Å². The lowest BCUT2D eigenvalue weighted by Gasteiger charge is -2.23. The van der Waals surface area contributed by atoms with Crippen molar-refractivity contribution in [2.24, 2.45) is 0 Å². The molecule has 5 heteroatoms. The van der Waals surface area contributed by atoms with Crippen molar-refractivity contribution in [1.82, 2.24) is 5.32 Å². The lowest BCUT2D eigenvalue weighted by atomic mass is 10.1. The Morgan fingerprint density at radius 2 is 2.00 bits per heavy atom. The molecule has 0 aliphatic carbocycles. The molecule has 5 nitrogen and oxygen atoms in total. The van der Waals surface area contributed by atoms with E-state index in [1.807, 2.05) is 0 Å². The van der Waals surface area contributed by atoms with E-state index in [1.165, 1.54) is 12.1 Å². The Labute approximate surface area is 93.4 Å². The minimum absolute atomic E-state index is 0.0264. The van der Waals surface area contributed by atoms with E-state index in [0.29, 0.717) is 0 Å². The van der Waals surface area contributed by atoms with E-state index in [0.717, 1.165) is 6.07 Å². The number of carbonyl (C=O) groups excluding carboxylic acids is 1. The summed E-state index contributed by atoms with van der Waals surface area (Å²) in [6.07, 6.45) is 0. The summed E-state index contributed by atoms with van der Waals surface area (Å²) in [6, 6.07) is 3.68. The van der Waals surface area contributed by atoms with Crippen molar-refractivity contribution in [2.75, 3.05) is 6.61 Å². The van der Waals surface area contributed by atoms with Gasteiger partial charge in [-0.05, 0) is 32.0 Å². The molecule has 0 spiro atoms. The molecule has 0 fully saturated rings. The number of nitrogens with one attached hydrogen (secondary N) is 1. The van der Waals surface area contributed by atoms with Crippen LogP contribution in [-0.4, -0.2) is 33.4 Å². The van der Waals surface area contributed by atoms with Gasteiger partial charge in [-0.2, -0.15) is 0 Å². The number of benzene rings is 1. The molecule has 0 heterocycles. The van der Waals surface area contributed by atoms with Crippen molar-refractivity contribution in [2.45, 2.75) is 19.4 Å². The highest BCUT2D eigenvalue weighted by atomic mass is 16.3. The lowest BCUT2D eigenvalue weighted by Crippen LogP contribution is -2.46. The standard InChI is InChI=1S/C11H15NO4/c1-11(2,6-13)12-10(16)8-5-7(14)3-4-9(8)15/h3-5,13-15H,6H2,1-2H3,(H,12,16). The van der Waals surface area contributed by atoms with Gasteiger partial charge in [0.1, 0.15) is 11.5 Å². The van der Waals surface area contributed by atoms with Crippen LogP contribution >= 0.6 is 0 Å². The highest BCUT2D eigenvalue weighted by Gasteiger charge is 2.21. The fraction of sp³-hybridized carbons (Fsp3) is 0.364. The van der Waals surface area contributed by atoms with Gasteiger partial charge >= 0.3 is 0 Å². The van der Waals surface area contributed by atoms with E-state index < -0.39 is 11.4 Å². The Bertz CT molecular complexity index is 401. The fourth-order valence-electron chi connectivity index (χ4n) is 1.12. The number of amides is 1. The summed E-state index contributed by atoms with van der Waals surface area (Å²) in [6.45, 7) is 3.06. The van der Waals surface area contributed by atoms with E-state index in [-0.39, 0.29) is 23.7 Å². The monoisotopic (exact) mass is 225 g/mol. The smallest absolute Gasteiger partial charge is 0.255 e. The number of carbonyl (C=O) groups is 1. The minimum Gasteiger partial charge on any atom is -0.508 e. The molecule has 88 valence electrons. The second-order valence-electron chi connectivity index (χ2n) is 4.20. The number of phenolic OH excluding ortho intramolecular Hbond substituents is 2. The summed E-state index contributed by atoms with van der Waals surface area (Å²) in [7, 11) is 0. The summed E-state index contributed by atoms with van der Waals surface area (Å²) in [5.74, 6) is -0.874. The maximum Gasteiger partial charge on any atom is 0.255 e. The van der Waals surface area contributed by atoms with Crippen molar-refractivity contribution < 1.29 is 20.1 Å². The Morgan fingerprint density at radius 1 is 1.38 bits per heavy atom. The van der Waals surface area contributed by atoms with E-state index in [1.54, 1.807) is 13.8 Å². The van der Waals surface area contributed by atoms with Gasteiger partial charge in [-0.3, -0.25) is 4.79 Å². The average molecular weight is 225 g/mol. The molecular weight excluding hydrogens is 210 g/mol. The first kappa shape index (κ1) is 12.3. The Balaban J connectivity index is 2.93. The van der Waals surface area contributed by atoms with Gasteiger partial charge in [-0.25, -0.2) is 0 Å².